The minimum Gasteiger partial charge on any atom is -0.392 e. The molecule has 0 aliphatic carbocycles. The Morgan fingerprint density at radius 3 is 2.76 bits per heavy atom. The first-order valence-electron chi connectivity index (χ1n) is 10.4. The Morgan fingerprint density at radius 2 is 2.09 bits per heavy atom. The number of aryl methyl sites for hydroxylation is 1. The van der Waals surface area contributed by atoms with E-state index in [1.807, 2.05) is 10.8 Å². The fraction of sp³-hybridized carbons (Fsp3) is 0.318. The topological polar surface area (TPSA) is 136 Å². The van der Waals surface area contributed by atoms with Crippen molar-refractivity contribution in [2.75, 3.05) is 18.0 Å². The summed E-state index contributed by atoms with van der Waals surface area (Å²) in [5.74, 6) is -0.257. The van der Waals surface area contributed by atoms with E-state index in [0.717, 1.165) is 29.9 Å². The maximum absolute atomic E-state index is 12.8. The van der Waals surface area contributed by atoms with Gasteiger partial charge in [0.1, 0.15) is 4.88 Å². The number of carbonyl (C=O) groups excluding carboxylic acids is 2. The highest BCUT2D eigenvalue weighted by atomic mass is 32.1. The van der Waals surface area contributed by atoms with Crippen LogP contribution in [-0.4, -0.2) is 50.8 Å². The SMILES string of the molecule is CC(O)CNC(=O)N(Cc1ccc(C#N)cc1)c1ncc(C(=O)NCCCn2ccnc2)s1. The molecule has 0 aliphatic heterocycles. The Labute approximate surface area is 195 Å². The number of anilines is 1. The van der Waals surface area contributed by atoms with Crippen LogP contribution in [0.1, 0.15) is 34.1 Å². The van der Waals surface area contributed by atoms with Crippen LogP contribution in [0, 0.1) is 11.3 Å². The van der Waals surface area contributed by atoms with Gasteiger partial charge in [0.15, 0.2) is 5.13 Å². The summed E-state index contributed by atoms with van der Waals surface area (Å²) in [6.45, 7) is 3.09. The lowest BCUT2D eigenvalue weighted by molar-refractivity contribution is 0.0956. The van der Waals surface area contributed by atoms with Crippen LogP contribution in [0.5, 0.6) is 0 Å². The lowest BCUT2D eigenvalue weighted by Gasteiger charge is -2.21. The van der Waals surface area contributed by atoms with Gasteiger partial charge in [-0.1, -0.05) is 23.5 Å². The second-order valence-corrected chi connectivity index (χ2v) is 8.36. The van der Waals surface area contributed by atoms with E-state index in [-0.39, 0.29) is 19.0 Å². The first-order valence-corrected chi connectivity index (χ1v) is 11.2. The van der Waals surface area contributed by atoms with Crippen molar-refractivity contribution < 1.29 is 14.7 Å². The molecule has 0 bridgehead atoms. The van der Waals surface area contributed by atoms with Crippen molar-refractivity contribution >= 4 is 28.4 Å². The molecule has 0 fully saturated rings. The second kappa shape index (κ2) is 11.8. The normalized spacial score (nSPS) is 11.4. The summed E-state index contributed by atoms with van der Waals surface area (Å²) in [6, 6.07) is 8.48. The van der Waals surface area contributed by atoms with Gasteiger partial charge in [0.05, 0.1) is 36.8 Å². The van der Waals surface area contributed by atoms with Gasteiger partial charge in [-0.3, -0.25) is 9.69 Å². The molecule has 2 heterocycles. The number of imidazole rings is 1. The van der Waals surface area contributed by atoms with Crippen molar-refractivity contribution in [2.24, 2.45) is 0 Å². The predicted molar refractivity (Wildman–Crippen MR) is 124 cm³/mol. The van der Waals surface area contributed by atoms with E-state index < -0.39 is 12.1 Å². The minimum atomic E-state index is -0.703. The number of thiazole rings is 1. The zero-order valence-electron chi connectivity index (χ0n) is 18.1. The van der Waals surface area contributed by atoms with Crippen molar-refractivity contribution in [2.45, 2.75) is 32.5 Å². The molecule has 3 rings (SSSR count). The van der Waals surface area contributed by atoms with Gasteiger partial charge in [-0.15, -0.1) is 0 Å². The third-order valence-electron chi connectivity index (χ3n) is 4.60. The van der Waals surface area contributed by atoms with E-state index in [1.54, 1.807) is 43.7 Å². The fourth-order valence-electron chi connectivity index (χ4n) is 2.89. The molecule has 2 aromatic heterocycles. The monoisotopic (exact) mass is 467 g/mol. The third kappa shape index (κ3) is 7.13. The van der Waals surface area contributed by atoms with Crippen LogP contribution >= 0.6 is 11.3 Å². The molecule has 0 saturated heterocycles. The summed E-state index contributed by atoms with van der Waals surface area (Å²) in [5, 5.41) is 24.4. The van der Waals surface area contributed by atoms with Crippen molar-refractivity contribution in [3.05, 3.63) is 65.2 Å². The summed E-state index contributed by atoms with van der Waals surface area (Å²) in [4.78, 5) is 35.4. The van der Waals surface area contributed by atoms with Crippen LogP contribution in [0.3, 0.4) is 0 Å². The number of urea groups is 1. The average molecular weight is 468 g/mol. The number of amides is 3. The third-order valence-corrected chi connectivity index (χ3v) is 5.62. The number of rotatable bonds is 10. The summed E-state index contributed by atoms with van der Waals surface area (Å²) >= 11 is 1.11. The number of nitrogens with zero attached hydrogens (tertiary/aromatic N) is 5. The number of aliphatic hydroxyl groups is 1. The summed E-state index contributed by atoms with van der Waals surface area (Å²) in [5.41, 5.74) is 1.31. The van der Waals surface area contributed by atoms with E-state index in [9.17, 15) is 14.7 Å². The summed E-state index contributed by atoms with van der Waals surface area (Å²) < 4.78 is 1.93. The highest BCUT2D eigenvalue weighted by Crippen LogP contribution is 2.24. The number of nitrogens with one attached hydrogen (secondary N) is 2. The molecule has 1 atom stereocenters. The molecule has 0 saturated carbocycles. The fourth-order valence-corrected chi connectivity index (χ4v) is 3.72. The van der Waals surface area contributed by atoms with Gasteiger partial charge in [-0.05, 0) is 31.0 Å². The van der Waals surface area contributed by atoms with Gasteiger partial charge in [0.25, 0.3) is 5.91 Å². The molecule has 3 amide bonds. The Bertz CT molecular complexity index is 1090. The molecule has 0 spiro atoms. The predicted octanol–water partition coefficient (Wildman–Crippen LogP) is 2.13. The van der Waals surface area contributed by atoms with Crippen molar-refractivity contribution in [3.8, 4) is 6.07 Å². The van der Waals surface area contributed by atoms with E-state index in [1.165, 1.54) is 11.1 Å². The number of hydrogen-bond donors (Lipinski definition) is 3. The van der Waals surface area contributed by atoms with E-state index >= 15 is 0 Å². The van der Waals surface area contributed by atoms with Gasteiger partial charge in [-0.25, -0.2) is 14.8 Å². The number of hydrogen-bond acceptors (Lipinski definition) is 7. The number of nitriles is 1. The van der Waals surface area contributed by atoms with Gasteiger partial charge < -0.3 is 20.3 Å². The molecule has 172 valence electrons. The van der Waals surface area contributed by atoms with Crippen LogP contribution in [0.25, 0.3) is 0 Å². The Morgan fingerprint density at radius 1 is 1.30 bits per heavy atom. The molecule has 33 heavy (non-hydrogen) atoms. The minimum absolute atomic E-state index is 0.0817. The second-order valence-electron chi connectivity index (χ2n) is 7.35. The van der Waals surface area contributed by atoms with E-state index in [0.29, 0.717) is 22.1 Å². The van der Waals surface area contributed by atoms with E-state index in [4.69, 9.17) is 5.26 Å². The van der Waals surface area contributed by atoms with Crippen LogP contribution in [0.4, 0.5) is 9.93 Å². The number of benzene rings is 1. The molecule has 1 aromatic carbocycles. The van der Waals surface area contributed by atoms with Gasteiger partial charge in [0, 0.05) is 32.0 Å². The molecule has 1 unspecified atom stereocenters. The zero-order chi connectivity index (χ0) is 23.6. The molecule has 0 radical (unpaired) electrons. The highest BCUT2D eigenvalue weighted by molar-refractivity contribution is 7.17. The highest BCUT2D eigenvalue weighted by Gasteiger charge is 2.21. The van der Waals surface area contributed by atoms with Gasteiger partial charge in [-0.2, -0.15) is 5.26 Å². The largest absolute Gasteiger partial charge is 0.392 e. The summed E-state index contributed by atoms with van der Waals surface area (Å²) in [7, 11) is 0. The van der Waals surface area contributed by atoms with Crippen LogP contribution in [0.2, 0.25) is 0 Å². The average Bonchev–Trinajstić information content (AvgIpc) is 3.51. The lowest BCUT2D eigenvalue weighted by atomic mass is 10.1. The van der Waals surface area contributed by atoms with Gasteiger partial charge in [0.2, 0.25) is 0 Å². The van der Waals surface area contributed by atoms with Crippen molar-refractivity contribution in [1.82, 2.24) is 25.2 Å². The van der Waals surface area contributed by atoms with Crippen LogP contribution in [-0.2, 0) is 13.1 Å². The standard InChI is InChI=1S/C22H25N7O3S/c1-16(30)12-26-21(32)29(14-18-5-3-17(11-23)4-6-18)22-27-13-19(33-22)20(31)25-7-2-9-28-10-8-24-15-28/h3-6,8,10,13,15-16,30H,2,7,9,12,14H2,1H3,(H,25,31)(H,26,32). The van der Waals surface area contributed by atoms with Gasteiger partial charge >= 0.3 is 6.03 Å². The molecule has 3 N–H and O–H groups in total. The summed E-state index contributed by atoms with van der Waals surface area (Å²) in [6.07, 6.45) is 6.79. The smallest absolute Gasteiger partial charge is 0.324 e. The Hall–Kier alpha value is -3.75. The maximum Gasteiger partial charge on any atom is 0.324 e. The number of aliphatic hydroxyl groups excluding tert-OH is 1. The number of aromatic nitrogens is 3. The quantitative estimate of drug-likeness (QED) is 0.391. The van der Waals surface area contributed by atoms with Crippen LogP contribution < -0.4 is 15.5 Å². The van der Waals surface area contributed by atoms with E-state index in [2.05, 4.69) is 26.7 Å². The molecular formula is C22H25N7O3S. The molecule has 11 heteroatoms. The van der Waals surface area contributed by atoms with Crippen molar-refractivity contribution in [1.29, 1.82) is 5.26 Å². The van der Waals surface area contributed by atoms with Crippen molar-refractivity contribution in [3.63, 3.8) is 0 Å². The molecule has 3 aromatic rings. The Kier molecular flexibility index (Phi) is 8.51. The van der Waals surface area contributed by atoms with Crippen LogP contribution in [0.15, 0.2) is 49.2 Å². The number of carbonyl (C=O) groups is 2. The first-order chi connectivity index (χ1) is 16.0. The molecule has 10 nitrogen and oxygen atoms in total. The zero-order valence-corrected chi connectivity index (χ0v) is 19.0. The maximum atomic E-state index is 12.8. The Balaban J connectivity index is 1.65. The molecular weight excluding hydrogens is 442 g/mol. The first kappa shape index (κ1) is 23.9. The molecule has 0 aliphatic rings. The lowest BCUT2D eigenvalue weighted by Crippen LogP contribution is -2.42.